The van der Waals surface area contributed by atoms with Gasteiger partial charge in [-0.2, -0.15) is 0 Å². The number of halogens is 1. The van der Waals surface area contributed by atoms with Gasteiger partial charge in [0.2, 0.25) is 0 Å². The molecule has 1 saturated heterocycles. The third-order valence-corrected chi connectivity index (χ3v) is 9.54. The van der Waals surface area contributed by atoms with E-state index in [2.05, 4.69) is 5.32 Å². The minimum Gasteiger partial charge on any atom is -0.497 e. The highest BCUT2D eigenvalue weighted by Crippen LogP contribution is 2.29. The van der Waals surface area contributed by atoms with Crippen LogP contribution in [0.3, 0.4) is 0 Å². The quantitative estimate of drug-likeness (QED) is 0.628. The van der Waals surface area contributed by atoms with Crippen LogP contribution in [0.25, 0.3) is 0 Å². The Hall–Kier alpha value is -2.17. The molecule has 1 aliphatic heterocycles. The number of ether oxygens (including phenoxy) is 2. The van der Waals surface area contributed by atoms with Gasteiger partial charge in [0, 0.05) is 6.04 Å². The molecule has 0 aliphatic carbocycles. The van der Waals surface area contributed by atoms with Crippen LogP contribution in [0.15, 0.2) is 41.3 Å². The molecule has 0 bridgehead atoms. The molecule has 1 fully saturated rings. The minimum atomic E-state index is -4.19. The number of aryl methyl sites for hydroxylation is 1. The first kappa shape index (κ1) is 23.5. The Morgan fingerprint density at radius 1 is 1.10 bits per heavy atom. The standard InChI is InChI=1S/C21H26FNO6S2/c1-14-4-6-17(22)20(10-14)31(26,27)21-13-30(24,25)12-18(21)23-9-8-15-11-16(28-2)5-7-19(15)29-3/h4-7,10-11,18,21,23H,8-9,12-13H2,1-3H3/t18-,21-/m0/s1. The van der Waals surface area contributed by atoms with E-state index < -0.39 is 47.4 Å². The molecule has 1 aliphatic rings. The minimum absolute atomic E-state index is 0.312. The number of rotatable bonds is 8. The lowest BCUT2D eigenvalue weighted by Gasteiger charge is -2.21. The van der Waals surface area contributed by atoms with Gasteiger partial charge in [0.15, 0.2) is 19.7 Å². The van der Waals surface area contributed by atoms with E-state index in [1.54, 1.807) is 33.3 Å². The molecule has 0 saturated carbocycles. The fourth-order valence-electron chi connectivity index (χ4n) is 3.77. The van der Waals surface area contributed by atoms with Crippen LogP contribution in [-0.2, 0) is 26.1 Å². The summed E-state index contributed by atoms with van der Waals surface area (Å²) >= 11 is 0. The molecular formula is C21H26FNO6S2. The summed E-state index contributed by atoms with van der Waals surface area (Å²) in [6.45, 7) is 1.97. The average Bonchev–Trinajstić information content (AvgIpc) is 3.04. The van der Waals surface area contributed by atoms with Crippen molar-refractivity contribution in [1.29, 1.82) is 0 Å². The highest BCUT2D eigenvalue weighted by atomic mass is 32.2. The second-order valence-electron chi connectivity index (χ2n) is 7.58. The predicted octanol–water partition coefficient (Wildman–Crippen LogP) is 1.92. The smallest absolute Gasteiger partial charge is 0.186 e. The molecular weight excluding hydrogens is 445 g/mol. The van der Waals surface area contributed by atoms with Gasteiger partial charge in [-0.3, -0.25) is 0 Å². The van der Waals surface area contributed by atoms with Crippen molar-refractivity contribution in [3.05, 3.63) is 53.3 Å². The molecule has 7 nitrogen and oxygen atoms in total. The second kappa shape index (κ2) is 9.13. The van der Waals surface area contributed by atoms with Gasteiger partial charge in [-0.1, -0.05) is 6.07 Å². The molecule has 1 heterocycles. The first-order valence-corrected chi connectivity index (χ1v) is 13.1. The molecule has 2 aromatic rings. The van der Waals surface area contributed by atoms with Crippen molar-refractivity contribution in [2.75, 3.05) is 32.3 Å². The van der Waals surface area contributed by atoms with E-state index in [0.29, 0.717) is 30.0 Å². The van der Waals surface area contributed by atoms with E-state index in [-0.39, 0.29) is 5.75 Å². The van der Waals surface area contributed by atoms with E-state index in [0.717, 1.165) is 11.6 Å². The molecule has 0 radical (unpaired) electrons. The Morgan fingerprint density at radius 3 is 2.52 bits per heavy atom. The SMILES string of the molecule is COc1ccc(OC)c(CCN[C@H]2CS(=O)(=O)C[C@@H]2S(=O)(=O)c2cc(C)ccc2F)c1. The second-order valence-corrected chi connectivity index (χ2v) is 11.9. The summed E-state index contributed by atoms with van der Waals surface area (Å²) in [7, 11) is -4.69. The van der Waals surface area contributed by atoms with Crippen LogP contribution in [0.5, 0.6) is 11.5 Å². The highest BCUT2D eigenvalue weighted by molar-refractivity contribution is 7.96. The molecule has 170 valence electrons. The maximum absolute atomic E-state index is 14.3. The Labute approximate surface area is 182 Å². The molecule has 0 spiro atoms. The summed E-state index contributed by atoms with van der Waals surface area (Å²) in [5, 5.41) is 1.79. The summed E-state index contributed by atoms with van der Waals surface area (Å²) < 4.78 is 75.7. The first-order chi connectivity index (χ1) is 14.6. The van der Waals surface area contributed by atoms with Crippen molar-refractivity contribution in [3.8, 4) is 11.5 Å². The fourth-order valence-corrected chi connectivity index (χ4v) is 8.64. The van der Waals surface area contributed by atoms with Gasteiger partial charge in [0.05, 0.1) is 31.0 Å². The molecule has 1 N–H and O–H groups in total. The lowest BCUT2D eigenvalue weighted by molar-refractivity contribution is 0.398. The molecule has 3 rings (SSSR count). The zero-order valence-electron chi connectivity index (χ0n) is 17.6. The van der Waals surface area contributed by atoms with Crippen LogP contribution in [0.1, 0.15) is 11.1 Å². The topological polar surface area (TPSA) is 98.8 Å². The highest BCUT2D eigenvalue weighted by Gasteiger charge is 2.46. The van der Waals surface area contributed by atoms with Crippen molar-refractivity contribution in [1.82, 2.24) is 5.32 Å². The maximum atomic E-state index is 14.3. The third kappa shape index (κ3) is 5.19. The lowest BCUT2D eigenvalue weighted by Crippen LogP contribution is -2.44. The predicted molar refractivity (Wildman–Crippen MR) is 116 cm³/mol. The van der Waals surface area contributed by atoms with Gasteiger partial charge in [0.1, 0.15) is 22.2 Å². The van der Waals surface area contributed by atoms with Crippen LogP contribution in [-0.4, -0.2) is 60.4 Å². The van der Waals surface area contributed by atoms with Crippen molar-refractivity contribution in [2.45, 2.75) is 29.5 Å². The molecule has 0 unspecified atom stereocenters. The summed E-state index contributed by atoms with van der Waals surface area (Å²) in [5.74, 6) is -0.445. The molecule has 2 aromatic carbocycles. The van der Waals surface area contributed by atoms with Crippen molar-refractivity contribution in [2.24, 2.45) is 0 Å². The monoisotopic (exact) mass is 471 g/mol. The number of benzene rings is 2. The van der Waals surface area contributed by atoms with Gasteiger partial charge >= 0.3 is 0 Å². The van der Waals surface area contributed by atoms with Crippen molar-refractivity contribution in [3.63, 3.8) is 0 Å². The molecule has 0 aromatic heterocycles. The van der Waals surface area contributed by atoms with Crippen molar-refractivity contribution < 1.29 is 30.7 Å². The van der Waals surface area contributed by atoms with Crippen LogP contribution >= 0.6 is 0 Å². The summed E-state index contributed by atoms with van der Waals surface area (Å²) in [6.07, 6.45) is 0.461. The van der Waals surface area contributed by atoms with Crippen LogP contribution in [0, 0.1) is 12.7 Å². The Morgan fingerprint density at radius 2 is 1.84 bits per heavy atom. The van der Waals surface area contributed by atoms with Gasteiger partial charge in [-0.25, -0.2) is 21.2 Å². The summed E-state index contributed by atoms with van der Waals surface area (Å²) in [6, 6.07) is 8.29. The Kier molecular flexibility index (Phi) is 6.92. The van der Waals surface area contributed by atoms with E-state index in [1.807, 2.05) is 6.07 Å². The number of methoxy groups -OCH3 is 2. The van der Waals surface area contributed by atoms with Crippen LogP contribution < -0.4 is 14.8 Å². The number of nitrogens with one attached hydrogen (secondary N) is 1. The van der Waals surface area contributed by atoms with E-state index in [4.69, 9.17) is 9.47 Å². The van der Waals surface area contributed by atoms with Gasteiger partial charge in [-0.15, -0.1) is 0 Å². The lowest BCUT2D eigenvalue weighted by atomic mass is 10.1. The zero-order chi connectivity index (χ0) is 22.8. The average molecular weight is 472 g/mol. The zero-order valence-corrected chi connectivity index (χ0v) is 19.2. The molecule has 0 amide bonds. The number of sulfone groups is 2. The summed E-state index contributed by atoms with van der Waals surface area (Å²) in [5.41, 5.74) is 1.41. The Balaban J connectivity index is 1.81. The number of hydrogen-bond acceptors (Lipinski definition) is 7. The van der Waals surface area contributed by atoms with E-state index >= 15 is 0 Å². The Bertz CT molecular complexity index is 1160. The molecule has 31 heavy (non-hydrogen) atoms. The van der Waals surface area contributed by atoms with E-state index in [1.165, 1.54) is 12.1 Å². The van der Waals surface area contributed by atoms with E-state index in [9.17, 15) is 21.2 Å². The van der Waals surface area contributed by atoms with Gasteiger partial charge in [-0.05, 0) is 61.3 Å². The van der Waals surface area contributed by atoms with Gasteiger partial charge < -0.3 is 14.8 Å². The number of hydrogen-bond donors (Lipinski definition) is 1. The normalized spacial score (nSPS) is 20.5. The maximum Gasteiger partial charge on any atom is 0.186 e. The first-order valence-electron chi connectivity index (χ1n) is 9.72. The van der Waals surface area contributed by atoms with Crippen LogP contribution in [0.2, 0.25) is 0 Å². The molecule has 2 atom stereocenters. The largest absolute Gasteiger partial charge is 0.497 e. The molecule has 10 heteroatoms. The fraction of sp³-hybridized carbons (Fsp3) is 0.429. The third-order valence-electron chi connectivity index (χ3n) is 5.38. The summed E-state index contributed by atoms with van der Waals surface area (Å²) in [4.78, 5) is -0.462. The van der Waals surface area contributed by atoms with Crippen LogP contribution in [0.4, 0.5) is 4.39 Å². The van der Waals surface area contributed by atoms with Gasteiger partial charge in [0.25, 0.3) is 0 Å². The van der Waals surface area contributed by atoms with Crippen molar-refractivity contribution >= 4 is 19.7 Å².